The Balaban J connectivity index is 0. The van der Waals surface area contributed by atoms with Gasteiger partial charge in [0.15, 0.2) is 0 Å². The zero-order valence-corrected chi connectivity index (χ0v) is 8.48. The van der Waals surface area contributed by atoms with Crippen LogP contribution < -0.4 is 5.73 Å². The third kappa shape index (κ3) is 9.65. The molecule has 11 heavy (non-hydrogen) atoms. The lowest BCUT2D eigenvalue weighted by Gasteiger charge is -1.99. The summed E-state index contributed by atoms with van der Waals surface area (Å²) in [7, 11) is 0. The van der Waals surface area contributed by atoms with E-state index in [0.29, 0.717) is 12.1 Å². The Kier molecular flexibility index (Phi) is 11.6. The third-order valence-electron chi connectivity index (χ3n) is 0.699. The Morgan fingerprint density at radius 2 is 2.09 bits per heavy atom. The Labute approximate surface area is 75.7 Å². The molecule has 0 aromatic heterocycles. The molecule has 0 bridgehead atoms. The standard InChI is InChI=1S/C6H11NO2.CH3Br/c1-5(2)6(8)9-4-3-7;1-2/h1,3-4,7H2,2H3;1H3. The van der Waals surface area contributed by atoms with Crippen molar-refractivity contribution in [1.82, 2.24) is 0 Å². The quantitative estimate of drug-likeness (QED) is 0.443. The maximum absolute atomic E-state index is 10.5. The summed E-state index contributed by atoms with van der Waals surface area (Å²) in [4.78, 5) is 10.5. The van der Waals surface area contributed by atoms with Gasteiger partial charge in [-0.3, -0.25) is 0 Å². The van der Waals surface area contributed by atoms with Crippen molar-refractivity contribution in [2.45, 2.75) is 6.92 Å². The van der Waals surface area contributed by atoms with Crippen molar-refractivity contribution in [3.63, 3.8) is 0 Å². The molecule has 0 rings (SSSR count). The van der Waals surface area contributed by atoms with Gasteiger partial charge in [-0.05, 0) is 12.8 Å². The van der Waals surface area contributed by atoms with Crippen LogP contribution in [0.25, 0.3) is 0 Å². The number of carbonyl (C=O) groups excluding carboxylic acids is 1. The van der Waals surface area contributed by atoms with Gasteiger partial charge in [0.1, 0.15) is 6.61 Å². The number of hydrogen-bond acceptors (Lipinski definition) is 3. The Morgan fingerprint density at radius 1 is 1.64 bits per heavy atom. The summed E-state index contributed by atoms with van der Waals surface area (Å²) in [5, 5.41) is 0. The fraction of sp³-hybridized carbons (Fsp3) is 0.571. The van der Waals surface area contributed by atoms with Crippen molar-refractivity contribution in [3.05, 3.63) is 12.2 Å². The largest absolute Gasteiger partial charge is 0.461 e. The molecule has 0 aliphatic rings. The van der Waals surface area contributed by atoms with Crippen molar-refractivity contribution in [2.24, 2.45) is 5.73 Å². The van der Waals surface area contributed by atoms with Crippen LogP contribution in [0, 0.1) is 0 Å². The first-order valence-electron chi connectivity index (χ1n) is 3.09. The Morgan fingerprint density at radius 3 is 2.36 bits per heavy atom. The second-order valence-corrected chi connectivity index (χ2v) is 1.70. The minimum atomic E-state index is -0.375. The van der Waals surface area contributed by atoms with E-state index < -0.39 is 0 Å². The van der Waals surface area contributed by atoms with Crippen LogP contribution in [0.5, 0.6) is 0 Å². The molecule has 66 valence electrons. The summed E-state index contributed by atoms with van der Waals surface area (Å²) in [5.74, 6) is 1.44. The van der Waals surface area contributed by atoms with Crippen molar-refractivity contribution in [2.75, 3.05) is 19.0 Å². The van der Waals surface area contributed by atoms with E-state index >= 15 is 0 Å². The van der Waals surface area contributed by atoms with Gasteiger partial charge in [0.2, 0.25) is 0 Å². The molecule has 0 saturated carbocycles. The monoisotopic (exact) mass is 223 g/mol. The second-order valence-electron chi connectivity index (χ2n) is 1.70. The summed E-state index contributed by atoms with van der Waals surface area (Å²) in [5.41, 5.74) is 5.48. The van der Waals surface area contributed by atoms with E-state index in [1.807, 2.05) is 5.83 Å². The first kappa shape index (κ1) is 13.3. The average molecular weight is 224 g/mol. The van der Waals surface area contributed by atoms with E-state index in [0.717, 1.165) is 0 Å². The highest BCUT2D eigenvalue weighted by Gasteiger charge is 1.99. The number of carbonyl (C=O) groups is 1. The molecule has 0 saturated heterocycles. The summed E-state index contributed by atoms with van der Waals surface area (Å²) in [6.07, 6.45) is 0. The molecule has 0 heterocycles. The number of nitrogens with two attached hydrogens (primary N) is 1. The van der Waals surface area contributed by atoms with Crippen LogP contribution >= 0.6 is 15.9 Å². The molecule has 0 atom stereocenters. The van der Waals surface area contributed by atoms with E-state index in [9.17, 15) is 4.79 Å². The van der Waals surface area contributed by atoms with Gasteiger partial charge >= 0.3 is 5.97 Å². The molecule has 0 aromatic rings. The number of hydrogen-bond donors (Lipinski definition) is 1. The minimum Gasteiger partial charge on any atom is -0.461 e. The van der Waals surface area contributed by atoms with Crippen molar-refractivity contribution in [3.8, 4) is 0 Å². The zero-order valence-electron chi connectivity index (χ0n) is 6.89. The molecular weight excluding hydrogens is 210 g/mol. The molecule has 4 heteroatoms. The summed E-state index contributed by atoms with van der Waals surface area (Å²) in [6.45, 7) is 5.62. The predicted octanol–water partition coefficient (Wildman–Crippen LogP) is 1.08. The highest BCUT2D eigenvalue weighted by atomic mass is 79.9. The van der Waals surface area contributed by atoms with Gasteiger partial charge in [-0.25, -0.2) is 4.79 Å². The predicted molar refractivity (Wildman–Crippen MR) is 49.7 cm³/mol. The minimum absolute atomic E-state index is 0.270. The SMILES string of the molecule is C=C(C)C(=O)OCCN.CBr. The zero-order chi connectivity index (χ0) is 9.28. The molecule has 3 nitrogen and oxygen atoms in total. The van der Waals surface area contributed by atoms with Crippen LogP contribution in [0.3, 0.4) is 0 Å². The van der Waals surface area contributed by atoms with Crippen molar-refractivity contribution < 1.29 is 9.53 Å². The normalized spacial score (nSPS) is 7.64. The van der Waals surface area contributed by atoms with Crippen molar-refractivity contribution >= 4 is 21.9 Å². The Bertz CT molecular complexity index is 126. The fourth-order valence-corrected chi connectivity index (χ4v) is 0.275. The molecule has 0 amide bonds. The van der Waals surface area contributed by atoms with Gasteiger partial charge in [0.25, 0.3) is 0 Å². The van der Waals surface area contributed by atoms with Gasteiger partial charge in [-0.15, -0.1) is 0 Å². The maximum Gasteiger partial charge on any atom is 0.333 e. The molecule has 2 N–H and O–H groups in total. The topological polar surface area (TPSA) is 52.3 Å². The van der Waals surface area contributed by atoms with Crippen molar-refractivity contribution in [1.29, 1.82) is 0 Å². The first-order chi connectivity index (χ1) is 5.18. The van der Waals surface area contributed by atoms with E-state index in [1.54, 1.807) is 6.92 Å². The lowest BCUT2D eigenvalue weighted by Crippen LogP contribution is -2.13. The maximum atomic E-state index is 10.5. The third-order valence-corrected chi connectivity index (χ3v) is 0.699. The Hall–Kier alpha value is -0.350. The van der Waals surface area contributed by atoms with Crippen LogP contribution in [0.4, 0.5) is 0 Å². The van der Waals surface area contributed by atoms with Gasteiger partial charge in [0, 0.05) is 12.1 Å². The lowest BCUT2D eigenvalue weighted by molar-refractivity contribution is -0.138. The van der Waals surface area contributed by atoms with E-state index in [-0.39, 0.29) is 12.6 Å². The molecule has 0 aromatic carbocycles. The molecule has 0 radical (unpaired) electrons. The van der Waals surface area contributed by atoms with E-state index in [2.05, 4.69) is 27.2 Å². The lowest BCUT2D eigenvalue weighted by atomic mass is 10.4. The average Bonchev–Trinajstić information content (AvgIpc) is 2.03. The van der Waals surface area contributed by atoms with Gasteiger partial charge in [-0.2, -0.15) is 0 Å². The van der Waals surface area contributed by atoms with Crippen LogP contribution in [-0.4, -0.2) is 25.0 Å². The van der Waals surface area contributed by atoms with Gasteiger partial charge in [0.05, 0.1) is 0 Å². The highest BCUT2D eigenvalue weighted by molar-refractivity contribution is 9.08. The molecule has 0 unspecified atom stereocenters. The fourth-order valence-electron chi connectivity index (χ4n) is 0.275. The summed E-state index contributed by atoms with van der Waals surface area (Å²) < 4.78 is 4.59. The number of halogens is 1. The number of rotatable bonds is 3. The molecule has 0 aliphatic carbocycles. The molecule has 0 aliphatic heterocycles. The van der Waals surface area contributed by atoms with Gasteiger partial charge in [-0.1, -0.05) is 22.5 Å². The van der Waals surface area contributed by atoms with E-state index in [4.69, 9.17) is 5.73 Å². The number of esters is 1. The number of alkyl halides is 1. The van der Waals surface area contributed by atoms with Gasteiger partial charge < -0.3 is 10.5 Å². The van der Waals surface area contributed by atoms with Crippen LogP contribution in [0.2, 0.25) is 0 Å². The van der Waals surface area contributed by atoms with Crippen LogP contribution in [-0.2, 0) is 9.53 Å². The molecular formula is C7H14BrNO2. The van der Waals surface area contributed by atoms with E-state index in [1.165, 1.54) is 0 Å². The smallest absolute Gasteiger partial charge is 0.333 e. The summed E-state index contributed by atoms with van der Waals surface area (Å²) >= 11 is 2.94. The highest BCUT2D eigenvalue weighted by Crippen LogP contribution is 1.89. The first-order valence-corrected chi connectivity index (χ1v) is 4.67. The number of ether oxygens (including phenoxy) is 1. The molecule has 0 fully saturated rings. The van der Waals surface area contributed by atoms with Crippen LogP contribution in [0.1, 0.15) is 6.92 Å². The van der Waals surface area contributed by atoms with Crippen LogP contribution in [0.15, 0.2) is 12.2 Å². The molecule has 0 spiro atoms. The summed E-state index contributed by atoms with van der Waals surface area (Å²) in [6, 6.07) is 0. The second kappa shape index (κ2) is 9.65.